The Morgan fingerprint density at radius 1 is 0.970 bits per heavy atom. The summed E-state index contributed by atoms with van der Waals surface area (Å²) in [6, 6.07) is 19.7. The molecule has 0 N–H and O–H groups in total. The predicted molar refractivity (Wildman–Crippen MR) is 132 cm³/mol. The third kappa shape index (κ3) is 5.08. The van der Waals surface area contributed by atoms with E-state index in [-0.39, 0.29) is 24.3 Å². The number of hydrogen-bond donors (Lipinski definition) is 0. The van der Waals surface area contributed by atoms with Crippen LogP contribution < -0.4 is 4.90 Å². The highest BCUT2D eigenvalue weighted by atomic mass is 35.5. The summed E-state index contributed by atoms with van der Waals surface area (Å²) >= 11 is 1.70. The fraction of sp³-hybridized carbons (Fsp3) is 0.292. The molecule has 1 atom stereocenters. The van der Waals surface area contributed by atoms with Crippen LogP contribution in [0.4, 0.5) is 10.1 Å². The number of tetrazole rings is 1. The van der Waals surface area contributed by atoms with E-state index in [1.54, 1.807) is 17.4 Å². The number of halogens is 2. The molecule has 33 heavy (non-hydrogen) atoms. The molecule has 5 rings (SSSR count). The molecule has 172 valence electrons. The number of aryl methyl sites for hydroxylation is 1. The van der Waals surface area contributed by atoms with Gasteiger partial charge in [0, 0.05) is 31.1 Å². The average molecular weight is 485 g/mol. The third-order valence-corrected chi connectivity index (χ3v) is 6.82. The van der Waals surface area contributed by atoms with Gasteiger partial charge in [0.25, 0.3) is 0 Å². The summed E-state index contributed by atoms with van der Waals surface area (Å²) < 4.78 is 16.2. The van der Waals surface area contributed by atoms with Crippen molar-refractivity contribution in [1.29, 1.82) is 0 Å². The quantitative estimate of drug-likeness (QED) is 0.401. The molecular weight excluding hydrogens is 459 g/mol. The first-order valence-electron chi connectivity index (χ1n) is 10.8. The number of nitrogens with zero attached hydrogens (tertiary/aromatic N) is 6. The number of piperazine rings is 1. The molecule has 1 unspecified atom stereocenters. The minimum Gasteiger partial charge on any atom is -0.367 e. The molecule has 0 saturated carbocycles. The normalized spacial score (nSPS) is 15.3. The second-order valence-electron chi connectivity index (χ2n) is 8.06. The fourth-order valence-electron chi connectivity index (χ4n) is 4.27. The number of aromatic nitrogens is 4. The van der Waals surface area contributed by atoms with Gasteiger partial charge >= 0.3 is 0 Å². The molecule has 0 aliphatic carbocycles. The van der Waals surface area contributed by atoms with Crippen LogP contribution in [-0.4, -0.2) is 51.3 Å². The summed E-state index contributed by atoms with van der Waals surface area (Å²) in [5, 5.41) is 14.8. The largest absolute Gasteiger partial charge is 0.367 e. The molecule has 0 radical (unpaired) electrons. The molecule has 9 heteroatoms. The number of hydrogen-bond acceptors (Lipinski definition) is 6. The molecule has 0 bridgehead atoms. The van der Waals surface area contributed by atoms with Crippen LogP contribution in [0.25, 0.3) is 0 Å². The zero-order valence-corrected chi connectivity index (χ0v) is 20.0. The Hall–Kier alpha value is -2.81. The molecule has 1 aliphatic rings. The van der Waals surface area contributed by atoms with Crippen LogP contribution in [0.5, 0.6) is 0 Å². The smallest absolute Gasteiger partial charge is 0.173 e. The van der Waals surface area contributed by atoms with E-state index in [2.05, 4.69) is 68.0 Å². The lowest BCUT2D eigenvalue weighted by Crippen LogP contribution is -2.48. The summed E-state index contributed by atoms with van der Waals surface area (Å²) in [4.78, 5) is 5.73. The minimum absolute atomic E-state index is 0. The fourth-order valence-corrected chi connectivity index (χ4v) is 4.96. The number of benzene rings is 2. The Morgan fingerprint density at radius 3 is 2.42 bits per heavy atom. The predicted octanol–water partition coefficient (Wildman–Crippen LogP) is 4.56. The van der Waals surface area contributed by atoms with Crippen molar-refractivity contribution in [3.05, 3.63) is 93.7 Å². The van der Waals surface area contributed by atoms with Gasteiger partial charge in [-0.15, -0.1) is 28.8 Å². The van der Waals surface area contributed by atoms with Gasteiger partial charge in [-0.05, 0) is 46.5 Å². The van der Waals surface area contributed by atoms with Gasteiger partial charge in [-0.1, -0.05) is 48.0 Å². The molecule has 4 aromatic rings. The average Bonchev–Trinajstić information content (AvgIpc) is 3.49. The van der Waals surface area contributed by atoms with Crippen molar-refractivity contribution in [1.82, 2.24) is 25.1 Å². The van der Waals surface area contributed by atoms with Crippen LogP contribution in [0.2, 0.25) is 0 Å². The highest BCUT2D eigenvalue weighted by Gasteiger charge is 2.31. The van der Waals surface area contributed by atoms with E-state index in [1.165, 1.54) is 16.5 Å². The van der Waals surface area contributed by atoms with Gasteiger partial charge in [-0.2, -0.15) is 0 Å². The zero-order chi connectivity index (χ0) is 21.9. The van der Waals surface area contributed by atoms with Crippen LogP contribution >= 0.6 is 23.7 Å². The second kappa shape index (κ2) is 10.4. The highest BCUT2D eigenvalue weighted by molar-refractivity contribution is 7.09. The number of anilines is 1. The SMILES string of the molecule is Cc1ccc(C(c2nnnn2Cc2cccs2)N2CCN(c3ccccc3F)CC2)cc1.Cl. The van der Waals surface area contributed by atoms with Crippen molar-refractivity contribution in [2.24, 2.45) is 0 Å². The van der Waals surface area contributed by atoms with Crippen molar-refractivity contribution in [3.63, 3.8) is 0 Å². The van der Waals surface area contributed by atoms with Gasteiger partial charge in [0.1, 0.15) is 5.82 Å². The van der Waals surface area contributed by atoms with Crippen molar-refractivity contribution >= 4 is 29.4 Å². The van der Waals surface area contributed by atoms with E-state index in [0.29, 0.717) is 12.2 Å². The van der Waals surface area contributed by atoms with E-state index in [1.807, 2.05) is 22.9 Å². The lowest BCUT2D eigenvalue weighted by atomic mass is 10.0. The Bertz CT molecular complexity index is 1160. The van der Waals surface area contributed by atoms with Gasteiger partial charge in [0.05, 0.1) is 18.3 Å². The number of para-hydroxylation sites is 1. The standard InChI is InChI=1S/C24H25FN6S.ClH/c1-18-8-10-19(11-9-18)23(24-26-27-28-31(24)17-20-5-4-16-32-20)30-14-12-29(13-15-30)22-7-3-2-6-21(22)25;/h2-11,16,23H,12-15,17H2,1H3;1H. The highest BCUT2D eigenvalue weighted by Crippen LogP contribution is 2.30. The summed E-state index contributed by atoms with van der Waals surface area (Å²) in [7, 11) is 0. The molecule has 0 amide bonds. The van der Waals surface area contributed by atoms with Gasteiger partial charge in [-0.3, -0.25) is 4.90 Å². The van der Waals surface area contributed by atoms with Crippen molar-refractivity contribution in [2.45, 2.75) is 19.5 Å². The lowest BCUT2D eigenvalue weighted by molar-refractivity contribution is 0.201. The maximum Gasteiger partial charge on any atom is 0.173 e. The molecule has 3 heterocycles. The number of rotatable bonds is 6. The topological polar surface area (TPSA) is 50.1 Å². The van der Waals surface area contributed by atoms with Gasteiger partial charge in [-0.25, -0.2) is 9.07 Å². The van der Waals surface area contributed by atoms with Crippen LogP contribution in [0.15, 0.2) is 66.0 Å². The summed E-state index contributed by atoms with van der Waals surface area (Å²) in [5.74, 6) is 0.664. The van der Waals surface area contributed by atoms with Gasteiger partial charge in [0.2, 0.25) is 0 Å². The van der Waals surface area contributed by atoms with E-state index < -0.39 is 0 Å². The molecule has 1 saturated heterocycles. The maximum atomic E-state index is 14.3. The summed E-state index contributed by atoms with van der Waals surface area (Å²) in [6.45, 7) is 5.81. The van der Waals surface area contributed by atoms with Crippen LogP contribution in [0, 0.1) is 12.7 Å². The van der Waals surface area contributed by atoms with Crippen LogP contribution in [0.1, 0.15) is 27.9 Å². The monoisotopic (exact) mass is 484 g/mol. The first kappa shape index (κ1) is 23.4. The molecule has 2 aromatic heterocycles. The second-order valence-corrected chi connectivity index (χ2v) is 9.09. The Kier molecular flexibility index (Phi) is 7.37. The summed E-state index contributed by atoms with van der Waals surface area (Å²) in [6.07, 6.45) is 0. The van der Waals surface area contributed by atoms with Crippen LogP contribution in [0.3, 0.4) is 0 Å². The Balaban J connectivity index is 0.00000259. The van der Waals surface area contributed by atoms with Crippen LogP contribution in [-0.2, 0) is 6.54 Å². The first-order chi connectivity index (χ1) is 15.7. The van der Waals surface area contributed by atoms with Gasteiger partial charge < -0.3 is 4.90 Å². The van der Waals surface area contributed by atoms with E-state index in [9.17, 15) is 4.39 Å². The Labute approximate surface area is 203 Å². The lowest BCUT2D eigenvalue weighted by Gasteiger charge is -2.40. The van der Waals surface area contributed by atoms with Crippen molar-refractivity contribution < 1.29 is 4.39 Å². The van der Waals surface area contributed by atoms with Gasteiger partial charge in [0.15, 0.2) is 5.82 Å². The van der Waals surface area contributed by atoms with Crippen molar-refractivity contribution in [2.75, 3.05) is 31.1 Å². The Morgan fingerprint density at radius 2 is 1.73 bits per heavy atom. The van der Waals surface area contributed by atoms with Crippen molar-refractivity contribution in [3.8, 4) is 0 Å². The first-order valence-corrected chi connectivity index (χ1v) is 11.7. The molecule has 1 aliphatic heterocycles. The molecule has 0 spiro atoms. The zero-order valence-electron chi connectivity index (χ0n) is 18.3. The maximum absolute atomic E-state index is 14.3. The molecule has 1 fully saturated rings. The van der Waals surface area contributed by atoms with E-state index in [4.69, 9.17) is 0 Å². The molecular formula is C24H26ClFN6S. The number of thiophene rings is 1. The van der Waals surface area contributed by atoms with E-state index >= 15 is 0 Å². The minimum atomic E-state index is -0.170. The summed E-state index contributed by atoms with van der Waals surface area (Å²) in [5.41, 5.74) is 3.05. The molecule has 6 nitrogen and oxygen atoms in total. The third-order valence-electron chi connectivity index (χ3n) is 5.96. The van der Waals surface area contributed by atoms with E-state index in [0.717, 1.165) is 37.6 Å². The molecule has 2 aromatic carbocycles.